The number of hydrogen-bond donors (Lipinski definition) is 3. The summed E-state index contributed by atoms with van der Waals surface area (Å²) in [6.45, 7) is 8.42. The lowest BCUT2D eigenvalue weighted by Crippen LogP contribution is -2.36. The Morgan fingerprint density at radius 1 is 1.27 bits per heavy atom. The molecule has 5 nitrogen and oxygen atoms in total. The topological polar surface area (TPSA) is 94.8 Å². The van der Waals surface area contributed by atoms with Gasteiger partial charge in [0, 0.05) is 6.42 Å². The highest BCUT2D eigenvalue weighted by Crippen LogP contribution is 2.60. The van der Waals surface area contributed by atoms with Gasteiger partial charge < -0.3 is 15.3 Å². The third kappa shape index (κ3) is 5.00. The van der Waals surface area contributed by atoms with Gasteiger partial charge in [0.15, 0.2) is 9.84 Å². The Morgan fingerprint density at radius 2 is 2.00 bits per heavy atom. The van der Waals surface area contributed by atoms with Crippen LogP contribution in [0.25, 0.3) is 0 Å². The molecule has 0 bridgehead atoms. The van der Waals surface area contributed by atoms with Crippen molar-refractivity contribution in [3.8, 4) is 0 Å². The first-order valence-electron chi connectivity index (χ1n) is 13.4. The van der Waals surface area contributed by atoms with Gasteiger partial charge in [-0.25, -0.2) is 8.42 Å². The molecule has 0 radical (unpaired) electrons. The predicted octanol–water partition coefficient (Wildman–Crippen LogP) is 4.32. The molecular weight excluding hydrogens is 436 g/mol. The molecule has 1 heterocycles. The van der Waals surface area contributed by atoms with E-state index in [0.717, 1.165) is 56.9 Å². The van der Waals surface area contributed by atoms with Crippen LogP contribution < -0.4 is 0 Å². The lowest BCUT2D eigenvalue weighted by Gasteiger charge is -2.45. The first kappa shape index (κ1) is 24.0. The largest absolute Gasteiger partial charge is 0.393 e. The number of sulfone groups is 1. The Hall–Kier alpha value is -0.690. The van der Waals surface area contributed by atoms with Gasteiger partial charge in [0.05, 0.1) is 24.9 Å². The second kappa shape index (κ2) is 9.07. The van der Waals surface area contributed by atoms with E-state index in [4.69, 9.17) is 1.37 Å². The monoisotopic (exact) mass is 481 g/mol. The Kier molecular flexibility index (Phi) is 6.60. The van der Waals surface area contributed by atoms with Crippen LogP contribution in [0.5, 0.6) is 0 Å². The summed E-state index contributed by atoms with van der Waals surface area (Å²) in [5, 5.41) is 28.9. The van der Waals surface area contributed by atoms with Crippen LogP contribution in [0, 0.1) is 23.2 Å². The van der Waals surface area contributed by atoms with Crippen molar-refractivity contribution in [3.63, 3.8) is 0 Å². The van der Waals surface area contributed by atoms with E-state index in [0.29, 0.717) is 23.0 Å². The van der Waals surface area contributed by atoms with Crippen LogP contribution in [-0.4, -0.2) is 52.5 Å². The smallest absolute Gasteiger partial charge is 0.164 e. The maximum atomic E-state index is 13.2. The van der Waals surface area contributed by atoms with E-state index >= 15 is 0 Å². The van der Waals surface area contributed by atoms with E-state index in [2.05, 4.69) is 13.8 Å². The molecule has 4 rings (SSSR count). The van der Waals surface area contributed by atoms with Crippen LogP contribution in [0.3, 0.4) is 0 Å². The summed E-state index contributed by atoms with van der Waals surface area (Å²) in [7, 11) is -3.81. The average molecular weight is 482 g/mol. The van der Waals surface area contributed by atoms with Crippen LogP contribution >= 0.6 is 0 Å². The van der Waals surface area contributed by atoms with Crippen LogP contribution in [0.4, 0.5) is 0 Å². The fraction of sp³-hybridized carbons (Fsp3) is 0.852. The summed E-state index contributed by atoms with van der Waals surface area (Å²) in [6.07, 6.45) is 8.21. The first-order valence-corrected chi connectivity index (χ1v) is 14.6. The van der Waals surface area contributed by atoms with Crippen molar-refractivity contribution in [2.45, 2.75) is 115 Å². The number of hydrogen-bond acceptors (Lipinski definition) is 5. The van der Waals surface area contributed by atoms with Gasteiger partial charge in [-0.2, -0.15) is 0 Å². The number of allylic oxidation sites excluding steroid dienone is 1. The zero-order valence-electron chi connectivity index (χ0n) is 21.8. The van der Waals surface area contributed by atoms with E-state index in [9.17, 15) is 23.7 Å². The summed E-state index contributed by atoms with van der Waals surface area (Å²) in [6, 6.07) is 0. The molecule has 7 atom stereocenters. The molecule has 188 valence electrons. The highest BCUT2D eigenvalue weighted by atomic mass is 32.2. The van der Waals surface area contributed by atoms with E-state index in [-0.39, 0.29) is 29.9 Å². The number of aliphatic hydroxyl groups excluding tert-OH is 2. The first-order chi connectivity index (χ1) is 15.7. The molecule has 33 heavy (non-hydrogen) atoms. The second-order valence-corrected chi connectivity index (χ2v) is 14.2. The molecule has 0 saturated heterocycles. The third-order valence-electron chi connectivity index (χ3n) is 9.19. The number of aliphatic hydroxyl groups is 3. The molecule has 2 saturated carbocycles. The van der Waals surface area contributed by atoms with Gasteiger partial charge in [-0.05, 0) is 93.1 Å². The summed E-state index contributed by atoms with van der Waals surface area (Å²) in [5.41, 5.74) is 1.42. The Morgan fingerprint density at radius 3 is 2.70 bits per heavy atom. The summed E-state index contributed by atoms with van der Waals surface area (Å²) < 4.78 is 35.6. The minimum atomic E-state index is -3.81. The van der Waals surface area contributed by atoms with Crippen molar-refractivity contribution in [1.82, 2.24) is 0 Å². The van der Waals surface area contributed by atoms with E-state index < -0.39 is 32.9 Å². The lowest BCUT2D eigenvalue weighted by atomic mass is 9.60. The van der Waals surface area contributed by atoms with E-state index in [1.165, 1.54) is 0 Å². The van der Waals surface area contributed by atoms with Crippen LogP contribution in [0.15, 0.2) is 22.8 Å². The minimum Gasteiger partial charge on any atom is -0.393 e. The van der Waals surface area contributed by atoms with Gasteiger partial charge in [0.25, 0.3) is 0 Å². The molecule has 0 aromatic heterocycles. The Bertz CT molecular complexity index is 964. The van der Waals surface area contributed by atoms with Gasteiger partial charge in [-0.1, -0.05) is 38.3 Å². The van der Waals surface area contributed by atoms with Gasteiger partial charge in [0.1, 0.15) is 5.23 Å². The molecule has 0 amide bonds. The molecule has 3 N–H and O–H groups in total. The minimum absolute atomic E-state index is 0.0970. The molecule has 0 aromatic carbocycles. The zero-order chi connectivity index (χ0) is 25.1. The number of fused-ring (bicyclic) bond motifs is 1. The maximum Gasteiger partial charge on any atom is 0.164 e. The SMILES string of the molecule is [2H]C1(/C=C2\CCC[C@]3(C)[C@@H]([C@H](C)CCCC(C)(C)O)CC[C@@H]23)C2=C(CS1(=O)=O)[C@@H](O)C[C@H](O)C2. The molecule has 6 heteroatoms. The van der Waals surface area contributed by atoms with Crippen molar-refractivity contribution in [2.24, 2.45) is 23.2 Å². The van der Waals surface area contributed by atoms with Crippen molar-refractivity contribution >= 4 is 9.84 Å². The standard InChI is InChI=1S/C27H44O5S/c1-17(7-5-11-26(2,3)30)22-9-10-23-18(8-6-12-27(22,23)4)13-25-20-14-19(28)15-24(29)21(20)16-33(25,31)32/h13,17,19,22-25,28-30H,5-12,14-16H2,1-4H3/b18-13+/t17-,19-,22-,23+,24+,25?,27-/m1/s1/i25D. The molecule has 1 aliphatic heterocycles. The van der Waals surface area contributed by atoms with Crippen molar-refractivity contribution in [2.75, 3.05) is 5.75 Å². The maximum absolute atomic E-state index is 13.2. The highest BCUT2D eigenvalue weighted by Gasteiger charge is 2.51. The van der Waals surface area contributed by atoms with Gasteiger partial charge in [0.2, 0.25) is 0 Å². The predicted molar refractivity (Wildman–Crippen MR) is 131 cm³/mol. The second-order valence-electron chi connectivity index (χ2n) is 12.2. The summed E-state index contributed by atoms with van der Waals surface area (Å²) in [5.74, 6) is 1.10. The fourth-order valence-electron chi connectivity index (χ4n) is 7.55. The highest BCUT2D eigenvalue weighted by molar-refractivity contribution is 7.92. The molecule has 0 spiro atoms. The van der Waals surface area contributed by atoms with E-state index in [1.807, 2.05) is 13.8 Å². The lowest BCUT2D eigenvalue weighted by molar-refractivity contribution is 0.0596. The van der Waals surface area contributed by atoms with Gasteiger partial charge in [-0.3, -0.25) is 0 Å². The average Bonchev–Trinajstić information content (AvgIpc) is 3.15. The molecule has 4 aliphatic rings. The van der Waals surface area contributed by atoms with Crippen LogP contribution in [0.1, 0.15) is 93.3 Å². The van der Waals surface area contributed by atoms with Gasteiger partial charge in [-0.15, -0.1) is 0 Å². The van der Waals surface area contributed by atoms with Crippen molar-refractivity contribution in [1.29, 1.82) is 0 Å². The van der Waals surface area contributed by atoms with E-state index in [1.54, 1.807) is 6.08 Å². The van der Waals surface area contributed by atoms with Crippen molar-refractivity contribution in [3.05, 3.63) is 22.8 Å². The zero-order valence-corrected chi connectivity index (χ0v) is 21.6. The molecule has 3 aliphatic carbocycles. The number of rotatable bonds is 6. The van der Waals surface area contributed by atoms with Crippen LogP contribution in [0.2, 0.25) is 0 Å². The summed E-state index contributed by atoms with van der Waals surface area (Å²) >= 11 is 0. The van der Waals surface area contributed by atoms with Gasteiger partial charge >= 0.3 is 0 Å². The Labute approximate surface area is 201 Å². The fourth-order valence-corrected chi connectivity index (χ4v) is 9.41. The summed E-state index contributed by atoms with van der Waals surface area (Å²) in [4.78, 5) is 0. The third-order valence-corrected chi connectivity index (χ3v) is 10.9. The normalized spacial score (nSPS) is 43.4. The molecular formula is C27H44O5S. The van der Waals surface area contributed by atoms with Crippen molar-refractivity contribution < 1.29 is 25.1 Å². The Balaban J connectivity index is 1.60. The van der Waals surface area contributed by atoms with Crippen LogP contribution in [-0.2, 0) is 9.84 Å². The quantitative estimate of drug-likeness (QED) is 0.491. The molecule has 2 fully saturated rings. The molecule has 1 unspecified atom stereocenters. The molecule has 0 aromatic rings.